The fourth-order valence-electron chi connectivity index (χ4n) is 4.61. The molecule has 1 heterocycles. The minimum Gasteiger partial charge on any atom is -0.508 e. The molecule has 1 aliphatic heterocycles. The summed E-state index contributed by atoms with van der Waals surface area (Å²) < 4.78 is 6.44. The van der Waals surface area contributed by atoms with Crippen molar-refractivity contribution in [2.24, 2.45) is 17.8 Å². The summed E-state index contributed by atoms with van der Waals surface area (Å²) in [6.07, 6.45) is 16.1. The van der Waals surface area contributed by atoms with Gasteiger partial charge >= 0.3 is 0 Å². The van der Waals surface area contributed by atoms with Crippen molar-refractivity contribution in [3.05, 3.63) is 28.8 Å². The van der Waals surface area contributed by atoms with E-state index >= 15 is 0 Å². The fourth-order valence-corrected chi connectivity index (χ4v) is 4.61. The second kappa shape index (κ2) is 11.3. The summed E-state index contributed by atoms with van der Waals surface area (Å²) in [7, 11) is 0. The largest absolute Gasteiger partial charge is 0.508 e. The Kier molecular flexibility index (Phi) is 9.31. The monoisotopic (exact) mass is 414 g/mol. The average Bonchev–Trinajstić information content (AvgIpc) is 2.67. The van der Waals surface area contributed by atoms with Gasteiger partial charge in [-0.15, -0.1) is 0 Å². The van der Waals surface area contributed by atoms with E-state index in [1.54, 1.807) is 0 Å². The highest BCUT2D eigenvalue weighted by atomic mass is 16.5. The number of ether oxygens (including phenoxy) is 1. The Balaban J connectivity index is 1.71. The Labute approximate surface area is 186 Å². The van der Waals surface area contributed by atoms with Crippen LogP contribution in [0.3, 0.4) is 0 Å². The van der Waals surface area contributed by atoms with Crippen LogP contribution in [0.15, 0.2) is 12.1 Å². The topological polar surface area (TPSA) is 29.5 Å². The number of hydrogen-bond donors (Lipinski definition) is 1. The minimum atomic E-state index is -0.244. The molecule has 2 rings (SSSR count). The molecule has 0 amide bonds. The molecule has 30 heavy (non-hydrogen) atoms. The van der Waals surface area contributed by atoms with Gasteiger partial charge in [-0.25, -0.2) is 0 Å². The van der Waals surface area contributed by atoms with Gasteiger partial charge in [0.15, 0.2) is 0 Å². The molecule has 1 aromatic rings. The van der Waals surface area contributed by atoms with Crippen molar-refractivity contribution in [3.8, 4) is 11.5 Å². The Morgan fingerprint density at radius 3 is 2.03 bits per heavy atom. The molecule has 0 fully saturated rings. The number of fused-ring (bicyclic) bond motifs is 1. The van der Waals surface area contributed by atoms with Crippen LogP contribution in [-0.4, -0.2) is 10.7 Å². The summed E-state index contributed by atoms with van der Waals surface area (Å²) in [4.78, 5) is 0. The maximum absolute atomic E-state index is 10.1. The van der Waals surface area contributed by atoms with Gasteiger partial charge < -0.3 is 9.84 Å². The molecule has 0 unspecified atom stereocenters. The lowest BCUT2D eigenvalue weighted by Crippen LogP contribution is -2.32. The molecule has 1 aromatic carbocycles. The first kappa shape index (κ1) is 24.8. The van der Waals surface area contributed by atoms with E-state index in [2.05, 4.69) is 46.8 Å². The van der Waals surface area contributed by atoms with E-state index in [0.29, 0.717) is 5.75 Å². The number of hydrogen-bond acceptors (Lipinski definition) is 2. The smallest absolute Gasteiger partial charge is 0.131 e. The van der Waals surface area contributed by atoms with E-state index < -0.39 is 0 Å². The summed E-state index contributed by atoms with van der Waals surface area (Å²) in [5.74, 6) is 3.80. The van der Waals surface area contributed by atoms with Crippen molar-refractivity contribution in [1.29, 1.82) is 0 Å². The van der Waals surface area contributed by atoms with Gasteiger partial charge in [-0.3, -0.25) is 0 Å². The van der Waals surface area contributed by atoms with Crippen LogP contribution in [0.4, 0.5) is 0 Å². The van der Waals surface area contributed by atoms with Gasteiger partial charge in [-0.2, -0.15) is 0 Å². The van der Waals surface area contributed by atoms with Gasteiger partial charge in [0.1, 0.15) is 17.1 Å². The minimum absolute atomic E-state index is 0.244. The van der Waals surface area contributed by atoms with E-state index in [9.17, 15) is 5.11 Å². The number of rotatable bonds is 12. The molecular weight excluding hydrogens is 368 g/mol. The predicted molar refractivity (Wildman–Crippen MR) is 130 cm³/mol. The van der Waals surface area contributed by atoms with Crippen LogP contribution in [0.1, 0.15) is 109 Å². The average molecular weight is 415 g/mol. The van der Waals surface area contributed by atoms with E-state index in [1.165, 1.54) is 51.4 Å². The highest BCUT2D eigenvalue weighted by Crippen LogP contribution is 2.40. The second-order valence-electron chi connectivity index (χ2n) is 10.7. The summed E-state index contributed by atoms with van der Waals surface area (Å²) in [5, 5.41) is 10.1. The fraction of sp³-hybridized carbons (Fsp3) is 0.714. The quantitative estimate of drug-likeness (QED) is 0.371. The Morgan fingerprint density at radius 2 is 1.43 bits per heavy atom. The van der Waals surface area contributed by atoms with E-state index in [0.717, 1.165) is 46.6 Å². The lowest BCUT2D eigenvalue weighted by molar-refractivity contribution is 0.121. The predicted octanol–water partition coefficient (Wildman–Crippen LogP) is 8.61. The molecule has 1 N–H and O–H groups in total. The Morgan fingerprint density at radius 1 is 0.867 bits per heavy atom. The SMILES string of the molecule is Cc1c(O)cc2c(c1C)O[C@@](C)(CCC[C@H](C)CCC[C@H](C)CCCC(C)C)C=C2. The van der Waals surface area contributed by atoms with Crippen molar-refractivity contribution in [2.45, 2.75) is 112 Å². The molecule has 2 nitrogen and oxygen atoms in total. The van der Waals surface area contributed by atoms with Crippen LogP contribution in [0.5, 0.6) is 11.5 Å². The number of phenolic OH excluding ortho intramolecular Hbond substituents is 1. The highest BCUT2D eigenvalue weighted by Gasteiger charge is 2.29. The molecule has 1 aliphatic rings. The highest BCUT2D eigenvalue weighted by molar-refractivity contribution is 5.67. The normalized spacial score (nSPS) is 20.1. The molecule has 0 spiro atoms. The maximum Gasteiger partial charge on any atom is 0.131 e. The zero-order chi connectivity index (χ0) is 22.3. The first-order chi connectivity index (χ1) is 14.1. The van der Waals surface area contributed by atoms with Crippen molar-refractivity contribution < 1.29 is 9.84 Å². The molecule has 0 saturated carbocycles. The van der Waals surface area contributed by atoms with Crippen molar-refractivity contribution >= 4 is 6.08 Å². The number of aromatic hydroxyl groups is 1. The standard InChI is InChI=1S/C28H46O2/c1-20(2)11-8-12-21(3)13-9-14-22(4)15-10-17-28(7)18-16-25-19-26(29)23(5)24(6)27(25)30-28/h16,18-22,29H,8-15,17H2,1-7H3/t21-,22-,28+/m1/s1. The summed E-state index contributed by atoms with van der Waals surface area (Å²) in [6.45, 7) is 15.7. The van der Waals surface area contributed by atoms with E-state index in [-0.39, 0.29) is 5.60 Å². The lowest BCUT2D eigenvalue weighted by Gasteiger charge is -2.33. The van der Waals surface area contributed by atoms with Gasteiger partial charge in [-0.1, -0.05) is 78.7 Å². The molecule has 170 valence electrons. The maximum atomic E-state index is 10.1. The summed E-state index contributed by atoms with van der Waals surface area (Å²) in [5.41, 5.74) is 2.71. The van der Waals surface area contributed by atoms with Crippen LogP contribution < -0.4 is 4.74 Å². The third-order valence-electron chi connectivity index (χ3n) is 7.03. The Bertz CT molecular complexity index is 703. The van der Waals surface area contributed by atoms with Crippen molar-refractivity contribution in [2.75, 3.05) is 0 Å². The van der Waals surface area contributed by atoms with Gasteiger partial charge in [0.25, 0.3) is 0 Å². The van der Waals surface area contributed by atoms with Gasteiger partial charge in [0.05, 0.1) is 0 Å². The first-order valence-corrected chi connectivity index (χ1v) is 12.3. The molecule has 0 bridgehead atoms. The molecule has 0 radical (unpaired) electrons. The van der Waals surface area contributed by atoms with Crippen LogP contribution in [0.2, 0.25) is 0 Å². The van der Waals surface area contributed by atoms with Crippen LogP contribution in [0.25, 0.3) is 6.08 Å². The van der Waals surface area contributed by atoms with Crippen LogP contribution >= 0.6 is 0 Å². The molecular formula is C28H46O2. The summed E-state index contributed by atoms with van der Waals surface area (Å²) >= 11 is 0. The molecule has 0 saturated heterocycles. The lowest BCUT2D eigenvalue weighted by atomic mass is 9.89. The third-order valence-corrected chi connectivity index (χ3v) is 7.03. The van der Waals surface area contributed by atoms with E-state index in [4.69, 9.17) is 4.74 Å². The third kappa shape index (κ3) is 7.36. The van der Waals surface area contributed by atoms with Crippen molar-refractivity contribution in [1.82, 2.24) is 0 Å². The van der Waals surface area contributed by atoms with E-state index in [1.807, 2.05) is 19.9 Å². The van der Waals surface area contributed by atoms with Crippen molar-refractivity contribution in [3.63, 3.8) is 0 Å². The zero-order valence-corrected chi connectivity index (χ0v) is 20.7. The second-order valence-corrected chi connectivity index (χ2v) is 10.7. The molecule has 3 atom stereocenters. The van der Waals surface area contributed by atoms with Gasteiger partial charge in [0.2, 0.25) is 0 Å². The molecule has 0 aliphatic carbocycles. The Hall–Kier alpha value is -1.44. The molecule has 2 heteroatoms. The van der Waals surface area contributed by atoms with Gasteiger partial charge in [0, 0.05) is 5.56 Å². The summed E-state index contributed by atoms with van der Waals surface area (Å²) in [6, 6.07) is 1.82. The first-order valence-electron chi connectivity index (χ1n) is 12.3. The zero-order valence-electron chi connectivity index (χ0n) is 20.7. The van der Waals surface area contributed by atoms with Gasteiger partial charge in [-0.05, 0) is 74.6 Å². The molecule has 0 aromatic heterocycles. The van der Waals surface area contributed by atoms with Crippen LogP contribution in [-0.2, 0) is 0 Å². The number of benzene rings is 1. The van der Waals surface area contributed by atoms with Crippen LogP contribution in [0, 0.1) is 31.6 Å². The number of phenols is 1.